The average Bonchev–Trinajstić information content (AvgIpc) is 3.15. The zero-order chi connectivity index (χ0) is 38.9. The summed E-state index contributed by atoms with van der Waals surface area (Å²) in [6, 6.07) is -0.694. The van der Waals surface area contributed by atoms with E-state index in [0.29, 0.717) is 19.3 Å². The number of hydrogen-bond donors (Lipinski definition) is 3. The van der Waals surface area contributed by atoms with E-state index in [0.717, 1.165) is 57.8 Å². The molecule has 0 aromatic rings. The number of carbonyl (C=O) groups excluding carboxylic acids is 2. The van der Waals surface area contributed by atoms with Crippen LogP contribution in [0.2, 0.25) is 0 Å². The number of unbranched alkanes of at least 4 members (excludes halogenated alkanes) is 28. The molecule has 3 N–H and O–H groups in total. The highest BCUT2D eigenvalue weighted by Gasteiger charge is 2.24. The van der Waals surface area contributed by atoms with Crippen LogP contribution in [0.15, 0.2) is 12.2 Å². The van der Waals surface area contributed by atoms with Gasteiger partial charge in [-0.1, -0.05) is 206 Å². The lowest BCUT2D eigenvalue weighted by atomic mass is 10.0. The summed E-state index contributed by atoms with van der Waals surface area (Å²) in [4.78, 5) is 25.9. The van der Waals surface area contributed by atoms with Gasteiger partial charge in [-0.05, 0) is 44.9 Å². The van der Waals surface area contributed by atoms with Crippen molar-refractivity contribution in [1.82, 2.24) is 5.32 Å². The molecule has 0 aromatic carbocycles. The van der Waals surface area contributed by atoms with Gasteiger partial charge in [-0.2, -0.15) is 0 Å². The van der Waals surface area contributed by atoms with Crippen molar-refractivity contribution in [3.05, 3.63) is 12.2 Å². The third-order valence-corrected chi connectivity index (χ3v) is 10.8. The molecule has 0 fully saturated rings. The molecule has 3 unspecified atom stereocenters. The summed E-state index contributed by atoms with van der Waals surface area (Å²) in [7, 11) is 0. The molecule has 6 heteroatoms. The van der Waals surface area contributed by atoms with E-state index in [4.69, 9.17) is 4.74 Å². The van der Waals surface area contributed by atoms with Crippen LogP contribution in [-0.4, -0.2) is 46.9 Å². The van der Waals surface area contributed by atoms with E-state index in [1.54, 1.807) is 0 Å². The van der Waals surface area contributed by atoms with Crippen LogP contribution in [-0.2, 0) is 14.3 Å². The zero-order valence-corrected chi connectivity index (χ0v) is 35.7. The van der Waals surface area contributed by atoms with Gasteiger partial charge in [0.2, 0.25) is 5.91 Å². The summed E-state index contributed by atoms with van der Waals surface area (Å²) in [5.41, 5.74) is 0. The fourth-order valence-corrected chi connectivity index (χ4v) is 7.26. The second-order valence-corrected chi connectivity index (χ2v) is 16.2. The van der Waals surface area contributed by atoms with Crippen LogP contribution >= 0.6 is 0 Å². The van der Waals surface area contributed by atoms with Gasteiger partial charge in [0.25, 0.3) is 0 Å². The van der Waals surface area contributed by atoms with E-state index in [9.17, 15) is 19.8 Å². The van der Waals surface area contributed by atoms with Gasteiger partial charge in [-0.15, -0.1) is 0 Å². The predicted octanol–water partition coefficient (Wildman–Crippen LogP) is 13.4. The number of aliphatic hydroxyl groups is 2. The Balaban J connectivity index is 4.56. The zero-order valence-electron chi connectivity index (χ0n) is 35.7. The molecule has 6 nitrogen and oxygen atoms in total. The lowest BCUT2D eigenvalue weighted by Gasteiger charge is -2.24. The molecule has 0 heterocycles. The van der Waals surface area contributed by atoms with Crippen LogP contribution in [0.5, 0.6) is 0 Å². The largest absolute Gasteiger partial charge is 0.462 e. The highest BCUT2D eigenvalue weighted by atomic mass is 16.5. The number of esters is 1. The molecule has 0 rings (SSSR count). The number of rotatable bonds is 42. The number of carbonyl (C=O) groups is 2. The highest BCUT2D eigenvalue weighted by molar-refractivity contribution is 5.77. The Hall–Kier alpha value is -1.40. The molecule has 0 aliphatic heterocycles. The summed E-state index contributed by atoms with van der Waals surface area (Å²) in [5, 5.41) is 23.6. The molecule has 0 aliphatic carbocycles. The van der Waals surface area contributed by atoms with E-state index in [1.165, 1.54) is 148 Å². The van der Waals surface area contributed by atoms with Gasteiger partial charge in [-0.25, -0.2) is 0 Å². The molecule has 0 bridgehead atoms. The van der Waals surface area contributed by atoms with Crippen molar-refractivity contribution in [3.8, 4) is 0 Å². The lowest BCUT2D eigenvalue weighted by molar-refractivity contribution is -0.151. The third-order valence-electron chi connectivity index (χ3n) is 10.8. The SMILES string of the molecule is CCC/C=C\CCCCCCCC(=O)OC(CCCCCCCCCCCCCCCC)CC(=O)NC(CO)C(O)CCCCCCCCCCCC. The monoisotopic (exact) mass is 750 g/mol. The van der Waals surface area contributed by atoms with Crippen molar-refractivity contribution in [2.75, 3.05) is 6.61 Å². The molecule has 314 valence electrons. The van der Waals surface area contributed by atoms with E-state index in [-0.39, 0.29) is 24.9 Å². The molecule has 0 spiro atoms. The fraction of sp³-hybridized carbons (Fsp3) is 0.915. The van der Waals surface area contributed by atoms with Crippen LogP contribution in [0, 0.1) is 0 Å². The molecule has 0 radical (unpaired) electrons. The Morgan fingerprint density at radius 2 is 0.943 bits per heavy atom. The Bertz CT molecular complexity index is 802. The summed E-state index contributed by atoms with van der Waals surface area (Å²) < 4.78 is 5.90. The van der Waals surface area contributed by atoms with Gasteiger partial charge < -0.3 is 20.3 Å². The Morgan fingerprint density at radius 1 is 0.528 bits per heavy atom. The highest BCUT2D eigenvalue weighted by Crippen LogP contribution is 2.18. The van der Waals surface area contributed by atoms with E-state index < -0.39 is 18.2 Å². The first-order valence-corrected chi connectivity index (χ1v) is 23.4. The lowest BCUT2D eigenvalue weighted by Crippen LogP contribution is -2.46. The Labute approximate surface area is 329 Å². The van der Waals surface area contributed by atoms with Gasteiger partial charge in [0.05, 0.1) is 25.2 Å². The Kier molecular flexibility index (Phi) is 40.7. The van der Waals surface area contributed by atoms with Gasteiger partial charge in [0.15, 0.2) is 0 Å². The second-order valence-electron chi connectivity index (χ2n) is 16.2. The van der Waals surface area contributed by atoms with Crippen LogP contribution in [0.1, 0.15) is 252 Å². The fourth-order valence-electron chi connectivity index (χ4n) is 7.26. The minimum atomic E-state index is -0.780. The topological polar surface area (TPSA) is 95.9 Å². The van der Waals surface area contributed by atoms with Gasteiger partial charge in [0, 0.05) is 6.42 Å². The molecular formula is C47H91NO5. The molecule has 0 saturated heterocycles. The van der Waals surface area contributed by atoms with Crippen molar-refractivity contribution in [2.24, 2.45) is 0 Å². The van der Waals surface area contributed by atoms with Gasteiger partial charge >= 0.3 is 5.97 Å². The smallest absolute Gasteiger partial charge is 0.306 e. The van der Waals surface area contributed by atoms with Crippen molar-refractivity contribution in [1.29, 1.82) is 0 Å². The minimum absolute atomic E-state index is 0.0806. The maximum absolute atomic E-state index is 13.1. The molecular weight excluding hydrogens is 659 g/mol. The minimum Gasteiger partial charge on any atom is -0.462 e. The molecule has 0 aliphatic rings. The third kappa shape index (κ3) is 37.3. The van der Waals surface area contributed by atoms with Crippen LogP contribution in [0.4, 0.5) is 0 Å². The number of ether oxygens (including phenoxy) is 1. The molecule has 0 aromatic heterocycles. The standard InChI is InChI=1S/C47H91NO5/c1-4-7-10-13-16-19-22-23-24-25-26-29-32-35-38-43(53-47(52)40-37-34-31-28-21-18-15-12-9-6-3)41-46(51)48-44(42-49)45(50)39-36-33-30-27-20-17-14-11-8-5-2/h12,15,43-45,49-50H,4-11,13-14,16-42H2,1-3H3,(H,48,51)/b15-12-. The van der Waals surface area contributed by atoms with E-state index in [1.807, 2.05) is 0 Å². The first kappa shape index (κ1) is 51.6. The number of aliphatic hydroxyl groups excluding tert-OH is 2. The number of amides is 1. The number of nitrogens with one attached hydrogen (secondary N) is 1. The van der Waals surface area contributed by atoms with Crippen molar-refractivity contribution in [3.63, 3.8) is 0 Å². The summed E-state index contributed by atoms with van der Waals surface area (Å²) >= 11 is 0. The second kappa shape index (κ2) is 41.8. The van der Waals surface area contributed by atoms with E-state index >= 15 is 0 Å². The van der Waals surface area contributed by atoms with Crippen LogP contribution < -0.4 is 5.32 Å². The number of allylic oxidation sites excluding steroid dienone is 2. The van der Waals surface area contributed by atoms with Gasteiger partial charge in [0.1, 0.15) is 6.10 Å². The predicted molar refractivity (Wildman–Crippen MR) is 227 cm³/mol. The van der Waals surface area contributed by atoms with Crippen LogP contribution in [0.25, 0.3) is 0 Å². The van der Waals surface area contributed by atoms with Crippen LogP contribution in [0.3, 0.4) is 0 Å². The van der Waals surface area contributed by atoms with Crippen molar-refractivity contribution >= 4 is 11.9 Å². The van der Waals surface area contributed by atoms with E-state index in [2.05, 4.69) is 38.2 Å². The summed E-state index contributed by atoms with van der Waals surface area (Å²) in [5.74, 6) is -0.474. The van der Waals surface area contributed by atoms with Gasteiger partial charge in [-0.3, -0.25) is 9.59 Å². The number of hydrogen-bond acceptors (Lipinski definition) is 5. The summed E-state index contributed by atoms with van der Waals surface area (Å²) in [6.45, 7) is 6.41. The molecule has 53 heavy (non-hydrogen) atoms. The van der Waals surface area contributed by atoms with Crippen molar-refractivity contribution < 1.29 is 24.5 Å². The Morgan fingerprint density at radius 3 is 1.42 bits per heavy atom. The first-order valence-electron chi connectivity index (χ1n) is 23.4. The van der Waals surface area contributed by atoms with Crippen molar-refractivity contribution in [2.45, 2.75) is 270 Å². The average molecular weight is 750 g/mol. The molecule has 1 amide bonds. The normalized spacial score (nSPS) is 13.4. The quantitative estimate of drug-likeness (QED) is 0.0328. The maximum Gasteiger partial charge on any atom is 0.306 e. The molecule has 3 atom stereocenters. The summed E-state index contributed by atoms with van der Waals surface area (Å²) in [6.07, 6.45) is 44.1. The maximum atomic E-state index is 13.1. The first-order chi connectivity index (χ1) is 26.0. The molecule has 0 saturated carbocycles.